The molecule has 0 bridgehead atoms. The number of hydrogen-bond donors (Lipinski definition) is 1. The third-order valence-corrected chi connectivity index (χ3v) is 7.98. The molecule has 5 rings (SSSR count). The fourth-order valence-electron chi connectivity index (χ4n) is 4.26. The summed E-state index contributed by atoms with van der Waals surface area (Å²) in [6.45, 7) is 1.60. The molecule has 1 saturated heterocycles. The summed E-state index contributed by atoms with van der Waals surface area (Å²) in [7, 11) is -3.69. The highest BCUT2D eigenvalue weighted by molar-refractivity contribution is 7.89. The number of fused-ring (bicyclic) bond motifs is 2. The van der Waals surface area contributed by atoms with Crippen LogP contribution in [-0.4, -0.2) is 49.9 Å². The summed E-state index contributed by atoms with van der Waals surface area (Å²) in [5.41, 5.74) is 1.53. The molecule has 172 valence electrons. The number of ether oxygens (including phenoxy) is 2. The van der Waals surface area contributed by atoms with Crippen molar-refractivity contribution in [3.8, 4) is 11.5 Å². The van der Waals surface area contributed by atoms with Crippen LogP contribution < -0.4 is 14.8 Å². The average molecular weight is 468 g/mol. The van der Waals surface area contributed by atoms with E-state index in [0.29, 0.717) is 43.2 Å². The summed E-state index contributed by atoms with van der Waals surface area (Å²) in [6, 6.07) is 14.1. The molecule has 2 aliphatic heterocycles. The number of rotatable bonds is 4. The topological polar surface area (TPSA) is 97.8 Å². The highest BCUT2D eigenvalue weighted by atomic mass is 32.2. The van der Waals surface area contributed by atoms with Crippen molar-refractivity contribution < 1.29 is 22.7 Å². The van der Waals surface area contributed by atoms with Crippen LogP contribution in [0.15, 0.2) is 59.6 Å². The van der Waals surface area contributed by atoms with Gasteiger partial charge in [-0.1, -0.05) is 6.07 Å². The fourth-order valence-corrected chi connectivity index (χ4v) is 5.74. The molecule has 8 nitrogen and oxygen atoms in total. The molecule has 1 aromatic heterocycles. The van der Waals surface area contributed by atoms with E-state index in [0.717, 1.165) is 17.3 Å². The normalized spacial score (nSPS) is 17.5. The second-order valence-corrected chi connectivity index (χ2v) is 10.1. The van der Waals surface area contributed by atoms with Gasteiger partial charge in [0.05, 0.1) is 29.3 Å². The number of carbonyl (C=O) groups is 1. The highest BCUT2D eigenvalue weighted by Crippen LogP contribution is 2.34. The molecule has 1 N–H and O–H groups in total. The lowest BCUT2D eigenvalue weighted by atomic mass is 9.97. The van der Waals surface area contributed by atoms with Gasteiger partial charge in [-0.25, -0.2) is 8.42 Å². The van der Waals surface area contributed by atoms with Gasteiger partial charge in [-0.05, 0) is 49.2 Å². The van der Waals surface area contributed by atoms with Gasteiger partial charge < -0.3 is 14.8 Å². The second-order valence-electron chi connectivity index (χ2n) is 8.20. The number of nitrogens with one attached hydrogen (secondary N) is 1. The van der Waals surface area contributed by atoms with Crippen molar-refractivity contribution in [1.29, 1.82) is 0 Å². The third-order valence-electron chi connectivity index (χ3n) is 6.09. The number of aromatic nitrogens is 1. The van der Waals surface area contributed by atoms with Crippen LogP contribution in [0, 0.1) is 5.92 Å². The molecule has 1 amide bonds. The zero-order valence-corrected chi connectivity index (χ0v) is 18.9. The van der Waals surface area contributed by atoms with E-state index in [1.54, 1.807) is 18.3 Å². The van der Waals surface area contributed by atoms with Crippen LogP contribution in [0.5, 0.6) is 11.5 Å². The van der Waals surface area contributed by atoms with E-state index in [1.807, 2.05) is 30.3 Å². The average Bonchev–Trinajstić information content (AvgIpc) is 3.09. The summed E-state index contributed by atoms with van der Waals surface area (Å²) in [5, 5.41) is 3.88. The van der Waals surface area contributed by atoms with Crippen LogP contribution in [0.3, 0.4) is 0 Å². The zero-order chi connectivity index (χ0) is 22.8. The molecule has 0 radical (unpaired) electrons. The van der Waals surface area contributed by atoms with Crippen LogP contribution >= 0.6 is 0 Å². The van der Waals surface area contributed by atoms with Gasteiger partial charge in [0.15, 0.2) is 11.5 Å². The molecule has 1 fully saturated rings. The van der Waals surface area contributed by atoms with Gasteiger partial charge in [-0.15, -0.1) is 0 Å². The number of carbonyl (C=O) groups excluding carboxylic acids is 1. The van der Waals surface area contributed by atoms with Crippen molar-refractivity contribution in [3.63, 3.8) is 0 Å². The predicted molar refractivity (Wildman–Crippen MR) is 124 cm³/mol. The van der Waals surface area contributed by atoms with Gasteiger partial charge in [-0.3, -0.25) is 9.78 Å². The minimum absolute atomic E-state index is 0.0982. The number of sulfonamides is 1. The van der Waals surface area contributed by atoms with Crippen LogP contribution in [0.2, 0.25) is 0 Å². The van der Waals surface area contributed by atoms with Gasteiger partial charge in [0.1, 0.15) is 0 Å². The smallest absolute Gasteiger partial charge is 0.243 e. The van der Waals surface area contributed by atoms with E-state index in [9.17, 15) is 13.2 Å². The van der Waals surface area contributed by atoms with E-state index in [4.69, 9.17) is 9.47 Å². The monoisotopic (exact) mass is 467 g/mol. The molecule has 0 unspecified atom stereocenters. The van der Waals surface area contributed by atoms with Gasteiger partial charge >= 0.3 is 0 Å². The minimum atomic E-state index is -3.69. The molecule has 0 aliphatic carbocycles. The fraction of sp³-hybridized carbons (Fsp3) is 0.333. The third kappa shape index (κ3) is 4.38. The van der Waals surface area contributed by atoms with Gasteiger partial charge in [-0.2, -0.15) is 4.31 Å². The maximum absolute atomic E-state index is 13.2. The molecule has 3 heterocycles. The Hall–Kier alpha value is -3.17. The molecule has 3 aromatic rings. The maximum atomic E-state index is 13.2. The molecule has 0 saturated carbocycles. The number of piperidine rings is 1. The molecular weight excluding hydrogens is 442 g/mol. The Bertz CT molecular complexity index is 1280. The molecule has 33 heavy (non-hydrogen) atoms. The summed E-state index contributed by atoms with van der Waals surface area (Å²) in [4.78, 5) is 17.4. The van der Waals surface area contributed by atoms with E-state index in [-0.39, 0.29) is 29.8 Å². The lowest BCUT2D eigenvalue weighted by Gasteiger charge is -2.30. The molecule has 0 spiro atoms. The van der Waals surface area contributed by atoms with Crippen molar-refractivity contribution in [3.05, 3.63) is 54.7 Å². The molecule has 9 heteroatoms. The number of nitrogens with zero attached hydrogens (tertiary/aromatic N) is 2. The SMILES string of the molecule is O=C(Nc1cccc2ncccc12)C1CCN(S(=O)(=O)c2ccc3c(c2)OCCCO3)CC1. The van der Waals surface area contributed by atoms with Crippen molar-refractivity contribution in [2.45, 2.75) is 24.2 Å². The first-order chi connectivity index (χ1) is 16.0. The van der Waals surface area contributed by atoms with Crippen LogP contribution in [0.1, 0.15) is 19.3 Å². The minimum Gasteiger partial charge on any atom is -0.490 e. The molecular formula is C24H25N3O5S. The Labute approximate surface area is 192 Å². The standard InChI is InChI=1S/C24H25N3O5S/c28-24(26-21-6-1-5-20-19(21)4-2-11-25-20)17-9-12-27(13-10-17)33(29,30)18-7-8-22-23(16-18)32-15-3-14-31-22/h1-2,4-8,11,16-17H,3,9-10,12-15H2,(H,26,28). The Morgan fingerprint density at radius 2 is 1.79 bits per heavy atom. The summed E-state index contributed by atoms with van der Waals surface area (Å²) in [6.07, 6.45) is 3.38. The van der Waals surface area contributed by atoms with E-state index < -0.39 is 10.0 Å². The van der Waals surface area contributed by atoms with E-state index in [1.165, 1.54) is 10.4 Å². The van der Waals surface area contributed by atoms with Gasteiger partial charge in [0, 0.05) is 43.1 Å². The van der Waals surface area contributed by atoms with E-state index >= 15 is 0 Å². The van der Waals surface area contributed by atoms with Crippen molar-refractivity contribution in [2.75, 3.05) is 31.6 Å². The predicted octanol–water partition coefficient (Wildman–Crippen LogP) is 3.44. The summed E-state index contributed by atoms with van der Waals surface area (Å²) < 4.78 is 39.1. The van der Waals surface area contributed by atoms with Crippen LogP contribution in [-0.2, 0) is 14.8 Å². The Balaban J connectivity index is 1.26. The zero-order valence-electron chi connectivity index (χ0n) is 18.1. The lowest BCUT2D eigenvalue weighted by molar-refractivity contribution is -0.120. The summed E-state index contributed by atoms with van der Waals surface area (Å²) >= 11 is 0. The maximum Gasteiger partial charge on any atom is 0.243 e. The van der Waals surface area contributed by atoms with E-state index in [2.05, 4.69) is 10.3 Å². The second kappa shape index (κ2) is 8.99. The number of pyridine rings is 1. The molecule has 2 aliphatic rings. The molecule has 0 atom stereocenters. The van der Waals surface area contributed by atoms with Crippen LogP contribution in [0.25, 0.3) is 10.9 Å². The highest BCUT2D eigenvalue weighted by Gasteiger charge is 2.33. The number of amides is 1. The Morgan fingerprint density at radius 1 is 1.00 bits per heavy atom. The largest absolute Gasteiger partial charge is 0.490 e. The first-order valence-electron chi connectivity index (χ1n) is 11.1. The summed E-state index contributed by atoms with van der Waals surface area (Å²) in [5.74, 6) is 0.656. The van der Waals surface area contributed by atoms with Gasteiger partial charge in [0.25, 0.3) is 0 Å². The Morgan fingerprint density at radius 3 is 2.61 bits per heavy atom. The first-order valence-corrected chi connectivity index (χ1v) is 12.5. The first kappa shape index (κ1) is 21.7. The quantitative estimate of drug-likeness (QED) is 0.631. The van der Waals surface area contributed by atoms with Crippen molar-refractivity contribution >= 4 is 32.5 Å². The van der Waals surface area contributed by atoms with Crippen molar-refractivity contribution in [2.24, 2.45) is 5.92 Å². The van der Waals surface area contributed by atoms with Gasteiger partial charge in [0.2, 0.25) is 15.9 Å². The number of benzene rings is 2. The van der Waals surface area contributed by atoms with Crippen LogP contribution in [0.4, 0.5) is 5.69 Å². The number of hydrogen-bond acceptors (Lipinski definition) is 6. The Kier molecular flexibility index (Phi) is 5.90. The number of anilines is 1. The lowest BCUT2D eigenvalue weighted by Crippen LogP contribution is -2.41. The molecule has 2 aromatic carbocycles. The van der Waals surface area contributed by atoms with Crippen molar-refractivity contribution in [1.82, 2.24) is 9.29 Å².